The molecule has 8 heteroatoms. The smallest absolute Gasteiger partial charge is 0.270 e. The SMILES string of the molecule is CN(CC(CC=O)c1ccc(Cl)c(Cl)c1)C(=O)c1cc([N+](=O)[O-])cc2ccccc12. The fourth-order valence-corrected chi connectivity index (χ4v) is 3.70. The first-order valence-corrected chi connectivity index (χ1v) is 9.88. The van der Waals surface area contributed by atoms with Gasteiger partial charge in [-0.05, 0) is 28.5 Å². The van der Waals surface area contributed by atoms with E-state index in [2.05, 4.69) is 0 Å². The highest BCUT2D eigenvalue weighted by molar-refractivity contribution is 6.42. The maximum Gasteiger partial charge on any atom is 0.270 e. The molecule has 3 aromatic rings. The van der Waals surface area contributed by atoms with Gasteiger partial charge in [-0.1, -0.05) is 53.5 Å². The number of non-ortho nitro benzene ring substituents is 1. The van der Waals surface area contributed by atoms with Gasteiger partial charge in [0, 0.05) is 38.1 Å². The number of carbonyl (C=O) groups excluding carboxylic acids is 2. The topological polar surface area (TPSA) is 80.5 Å². The average Bonchev–Trinajstić information content (AvgIpc) is 2.73. The van der Waals surface area contributed by atoms with Crippen molar-refractivity contribution in [2.45, 2.75) is 12.3 Å². The number of nitrogens with zero attached hydrogens (tertiary/aromatic N) is 2. The van der Waals surface area contributed by atoms with Gasteiger partial charge in [0.1, 0.15) is 6.29 Å². The van der Waals surface area contributed by atoms with Gasteiger partial charge in [-0.2, -0.15) is 0 Å². The molecule has 0 saturated heterocycles. The molecule has 0 aliphatic rings. The molecule has 0 aliphatic heterocycles. The van der Waals surface area contributed by atoms with Crippen molar-refractivity contribution in [2.75, 3.05) is 13.6 Å². The van der Waals surface area contributed by atoms with Crippen molar-refractivity contribution in [3.63, 3.8) is 0 Å². The summed E-state index contributed by atoms with van der Waals surface area (Å²) in [5.41, 5.74) is 0.862. The van der Waals surface area contributed by atoms with Gasteiger partial charge in [0.15, 0.2) is 0 Å². The summed E-state index contributed by atoms with van der Waals surface area (Å²) in [4.78, 5) is 36.7. The summed E-state index contributed by atoms with van der Waals surface area (Å²) >= 11 is 12.1. The third kappa shape index (κ3) is 4.61. The first kappa shape index (κ1) is 21.7. The van der Waals surface area contributed by atoms with Crippen LogP contribution in [-0.2, 0) is 4.79 Å². The van der Waals surface area contributed by atoms with Crippen LogP contribution in [0, 0.1) is 10.1 Å². The van der Waals surface area contributed by atoms with Crippen LogP contribution < -0.4 is 0 Å². The van der Waals surface area contributed by atoms with Crippen molar-refractivity contribution >= 4 is 51.9 Å². The fraction of sp³-hybridized carbons (Fsp3) is 0.182. The van der Waals surface area contributed by atoms with Crippen LogP contribution in [0.2, 0.25) is 10.0 Å². The van der Waals surface area contributed by atoms with Gasteiger partial charge < -0.3 is 9.69 Å². The molecule has 0 fully saturated rings. The van der Waals surface area contributed by atoms with E-state index in [4.69, 9.17) is 23.2 Å². The molecule has 30 heavy (non-hydrogen) atoms. The normalized spacial score (nSPS) is 11.8. The minimum absolute atomic E-state index is 0.153. The molecule has 0 aliphatic carbocycles. The monoisotopic (exact) mass is 444 g/mol. The van der Waals surface area contributed by atoms with E-state index in [9.17, 15) is 19.7 Å². The molecule has 6 nitrogen and oxygen atoms in total. The predicted octanol–water partition coefficient (Wildman–Crippen LogP) is 5.50. The maximum atomic E-state index is 13.2. The summed E-state index contributed by atoms with van der Waals surface area (Å²) in [6.07, 6.45) is 0.972. The van der Waals surface area contributed by atoms with Crippen LogP contribution in [0.1, 0.15) is 28.3 Å². The van der Waals surface area contributed by atoms with Gasteiger partial charge in [0.25, 0.3) is 11.6 Å². The van der Waals surface area contributed by atoms with Crippen molar-refractivity contribution in [3.05, 3.63) is 85.9 Å². The molecule has 0 bridgehead atoms. The number of aldehydes is 1. The Labute approximate surface area is 183 Å². The van der Waals surface area contributed by atoms with Gasteiger partial charge in [0.05, 0.1) is 20.5 Å². The Bertz CT molecular complexity index is 1130. The van der Waals surface area contributed by atoms with Crippen molar-refractivity contribution in [1.29, 1.82) is 0 Å². The van der Waals surface area contributed by atoms with Gasteiger partial charge in [-0.3, -0.25) is 14.9 Å². The van der Waals surface area contributed by atoms with E-state index in [1.165, 1.54) is 17.0 Å². The first-order valence-electron chi connectivity index (χ1n) is 9.13. The van der Waals surface area contributed by atoms with Gasteiger partial charge in [0.2, 0.25) is 0 Å². The quantitative estimate of drug-likeness (QED) is 0.273. The Balaban J connectivity index is 1.95. The summed E-state index contributed by atoms with van der Waals surface area (Å²) in [6.45, 7) is 0.229. The van der Waals surface area contributed by atoms with Crippen LogP contribution in [0.5, 0.6) is 0 Å². The van der Waals surface area contributed by atoms with E-state index in [1.807, 2.05) is 0 Å². The zero-order valence-corrected chi connectivity index (χ0v) is 17.6. The zero-order chi connectivity index (χ0) is 21.8. The molecule has 0 spiro atoms. The lowest BCUT2D eigenvalue weighted by molar-refractivity contribution is -0.384. The molecule has 0 saturated carbocycles. The van der Waals surface area contributed by atoms with E-state index in [1.54, 1.807) is 49.5 Å². The number of hydrogen-bond donors (Lipinski definition) is 0. The van der Waals surface area contributed by atoms with Crippen LogP contribution in [0.3, 0.4) is 0 Å². The number of nitro groups is 1. The van der Waals surface area contributed by atoms with E-state index in [-0.39, 0.29) is 36.0 Å². The minimum Gasteiger partial charge on any atom is -0.341 e. The highest BCUT2D eigenvalue weighted by Gasteiger charge is 2.23. The van der Waals surface area contributed by atoms with E-state index < -0.39 is 4.92 Å². The highest BCUT2D eigenvalue weighted by Crippen LogP contribution is 2.30. The number of amides is 1. The number of likely N-dealkylation sites (N-methyl/N-ethyl adjacent to an activating group) is 1. The van der Waals surface area contributed by atoms with Crippen molar-refractivity contribution in [1.82, 2.24) is 4.90 Å². The van der Waals surface area contributed by atoms with Crippen LogP contribution in [-0.4, -0.2) is 35.6 Å². The fourth-order valence-electron chi connectivity index (χ4n) is 3.39. The molecule has 3 rings (SSSR count). The van der Waals surface area contributed by atoms with Gasteiger partial charge in [-0.25, -0.2) is 0 Å². The van der Waals surface area contributed by atoms with E-state index in [0.29, 0.717) is 20.8 Å². The van der Waals surface area contributed by atoms with Crippen molar-refractivity contribution in [3.8, 4) is 0 Å². The summed E-state index contributed by atoms with van der Waals surface area (Å²) in [7, 11) is 1.60. The third-order valence-corrected chi connectivity index (χ3v) is 5.66. The summed E-state index contributed by atoms with van der Waals surface area (Å²) in [5.74, 6) is -0.665. The third-order valence-electron chi connectivity index (χ3n) is 4.92. The van der Waals surface area contributed by atoms with Crippen molar-refractivity contribution < 1.29 is 14.5 Å². The van der Waals surface area contributed by atoms with Crippen LogP contribution in [0.4, 0.5) is 5.69 Å². The second-order valence-electron chi connectivity index (χ2n) is 6.93. The number of halogens is 2. The maximum absolute atomic E-state index is 13.2. The Morgan fingerprint density at radius 1 is 1.13 bits per heavy atom. The van der Waals surface area contributed by atoms with Crippen molar-refractivity contribution in [2.24, 2.45) is 0 Å². The first-order chi connectivity index (χ1) is 14.3. The average molecular weight is 445 g/mol. The Hall–Kier alpha value is -2.96. The Kier molecular flexibility index (Phi) is 6.70. The lowest BCUT2D eigenvalue weighted by Crippen LogP contribution is -2.31. The Morgan fingerprint density at radius 2 is 1.87 bits per heavy atom. The van der Waals surface area contributed by atoms with E-state index in [0.717, 1.165) is 11.8 Å². The van der Waals surface area contributed by atoms with Gasteiger partial charge in [-0.15, -0.1) is 0 Å². The molecule has 0 radical (unpaired) electrons. The lowest BCUT2D eigenvalue weighted by atomic mass is 9.95. The number of carbonyl (C=O) groups is 2. The van der Waals surface area contributed by atoms with Crippen LogP contribution in [0.25, 0.3) is 10.8 Å². The molecule has 1 atom stereocenters. The molecule has 1 amide bonds. The second-order valence-corrected chi connectivity index (χ2v) is 7.74. The predicted molar refractivity (Wildman–Crippen MR) is 117 cm³/mol. The number of benzene rings is 3. The molecule has 0 heterocycles. The number of fused-ring (bicyclic) bond motifs is 1. The van der Waals surface area contributed by atoms with Crippen LogP contribution >= 0.6 is 23.2 Å². The number of nitro benzene ring substituents is 1. The molecular formula is C22H18Cl2N2O4. The largest absolute Gasteiger partial charge is 0.341 e. The minimum atomic E-state index is -0.520. The van der Waals surface area contributed by atoms with Crippen LogP contribution in [0.15, 0.2) is 54.6 Å². The molecular weight excluding hydrogens is 427 g/mol. The lowest BCUT2D eigenvalue weighted by Gasteiger charge is -2.24. The molecule has 154 valence electrons. The summed E-state index contributed by atoms with van der Waals surface area (Å²) in [6, 6.07) is 14.8. The van der Waals surface area contributed by atoms with E-state index >= 15 is 0 Å². The zero-order valence-electron chi connectivity index (χ0n) is 16.0. The molecule has 0 N–H and O–H groups in total. The second kappa shape index (κ2) is 9.24. The Morgan fingerprint density at radius 3 is 2.53 bits per heavy atom. The summed E-state index contributed by atoms with van der Waals surface area (Å²) in [5, 5.41) is 13.3. The molecule has 0 aromatic heterocycles. The number of hydrogen-bond acceptors (Lipinski definition) is 4. The number of rotatable bonds is 7. The molecule has 3 aromatic carbocycles. The summed E-state index contributed by atoms with van der Waals surface area (Å²) < 4.78 is 0. The molecule has 1 unspecified atom stereocenters. The van der Waals surface area contributed by atoms with Gasteiger partial charge >= 0.3 is 0 Å². The highest BCUT2D eigenvalue weighted by atomic mass is 35.5. The standard InChI is InChI=1S/C22H18Cl2N2O4/c1-25(13-16(8-9-27)14-6-7-20(23)21(24)11-14)22(28)19-12-17(26(29)30)10-15-4-2-3-5-18(15)19/h2-7,9-12,16H,8,13H2,1H3.